The van der Waals surface area contributed by atoms with Gasteiger partial charge in [0.1, 0.15) is 0 Å². The van der Waals surface area contributed by atoms with Crippen LogP contribution >= 0.6 is 43.5 Å². The summed E-state index contributed by atoms with van der Waals surface area (Å²) >= 11 is 11.9. The minimum absolute atomic E-state index is 0.347. The van der Waals surface area contributed by atoms with E-state index in [9.17, 15) is 9.59 Å². The zero-order valence-electron chi connectivity index (χ0n) is 11.9. The summed E-state index contributed by atoms with van der Waals surface area (Å²) in [7, 11) is 0. The summed E-state index contributed by atoms with van der Waals surface area (Å²) in [4.78, 5) is 21.3. The fourth-order valence-corrected chi connectivity index (χ4v) is 2.60. The fourth-order valence-electron chi connectivity index (χ4n) is 1.66. The van der Waals surface area contributed by atoms with E-state index < -0.39 is 11.2 Å². The van der Waals surface area contributed by atoms with E-state index in [2.05, 4.69) is 31.9 Å². The zero-order valence-corrected chi connectivity index (χ0v) is 15.8. The van der Waals surface area contributed by atoms with Crippen molar-refractivity contribution in [3.05, 3.63) is 67.6 Å². The molecular formula is C16H13Br2ClO3. The number of hydrogen-bond acceptors (Lipinski definition) is 2. The fraction of sp³-hybridized carbons (Fsp3) is 0.125. The summed E-state index contributed by atoms with van der Waals surface area (Å²) in [5, 5.41) is 8.26. The molecule has 116 valence electrons. The van der Waals surface area contributed by atoms with Gasteiger partial charge in [-0.3, -0.25) is 4.79 Å². The monoisotopic (exact) mass is 446 g/mol. The van der Waals surface area contributed by atoms with Gasteiger partial charge in [0.05, 0.1) is 5.56 Å². The third-order valence-corrected chi connectivity index (χ3v) is 4.90. The van der Waals surface area contributed by atoms with Crippen molar-refractivity contribution in [3.63, 3.8) is 0 Å². The molecule has 0 fully saturated rings. The molecule has 0 aliphatic heterocycles. The highest BCUT2D eigenvalue weighted by Gasteiger charge is 2.07. The lowest BCUT2D eigenvalue weighted by Gasteiger charge is -2.00. The van der Waals surface area contributed by atoms with Gasteiger partial charge in [0, 0.05) is 14.5 Å². The molecule has 0 aromatic heterocycles. The minimum atomic E-state index is -0.885. The summed E-state index contributed by atoms with van der Waals surface area (Å²) in [6.45, 7) is 3.62. The number of aromatic carboxylic acids is 1. The molecule has 2 aromatic rings. The van der Waals surface area contributed by atoms with E-state index in [4.69, 9.17) is 16.7 Å². The maximum atomic E-state index is 10.8. The smallest absolute Gasteiger partial charge is 0.335 e. The predicted molar refractivity (Wildman–Crippen MR) is 94.9 cm³/mol. The van der Waals surface area contributed by atoms with Crippen LogP contribution in [0.3, 0.4) is 0 Å². The third kappa shape index (κ3) is 4.93. The molecule has 0 unspecified atom stereocenters. The van der Waals surface area contributed by atoms with Crippen LogP contribution < -0.4 is 0 Å². The van der Waals surface area contributed by atoms with Gasteiger partial charge >= 0.3 is 5.97 Å². The Morgan fingerprint density at radius 1 is 0.909 bits per heavy atom. The number of rotatable bonds is 2. The van der Waals surface area contributed by atoms with Crippen molar-refractivity contribution in [2.24, 2.45) is 0 Å². The molecule has 0 saturated heterocycles. The van der Waals surface area contributed by atoms with Gasteiger partial charge in [0.15, 0.2) is 0 Å². The molecule has 0 amide bonds. The van der Waals surface area contributed by atoms with Gasteiger partial charge in [0.25, 0.3) is 5.24 Å². The normalized spacial score (nSPS) is 9.68. The second-order valence-corrected chi connectivity index (χ2v) is 6.46. The van der Waals surface area contributed by atoms with Crippen LogP contribution in [-0.2, 0) is 0 Å². The van der Waals surface area contributed by atoms with E-state index in [1.807, 2.05) is 19.1 Å². The first-order valence-electron chi connectivity index (χ1n) is 6.19. The van der Waals surface area contributed by atoms with Gasteiger partial charge in [-0.25, -0.2) is 4.79 Å². The quantitative estimate of drug-likeness (QED) is 0.609. The van der Waals surface area contributed by atoms with Crippen LogP contribution in [0.15, 0.2) is 45.3 Å². The highest BCUT2D eigenvalue weighted by atomic mass is 79.9. The van der Waals surface area contributed by atoms with E-state index >= 15 is 0 Å². The van der Waals surface area contributed by atoms with Gasteiger partial charge in [0.2, 0.25) is 0 Å². The summed E-state index contributed by atoms with van der Waals surface area (Å²) in [6.07, 6.45) is 0. The number of carbonyl (C=O) groups excluding carboxylic acids is 1. The second kappa shape index (κ2) is 8.46. The number of carbonyl (C=O) groups is 2. The molecule has 0 heterocycles. The van der Waals surface area contributed by atoms with E-state index in [1.165, 1.54) is 0 Å². The van der Waals surface area contributed by atoms with Gasteiger partial charge in [-0.1, -0.05) is 44.0 Å². The van der Waals surface area contributed by atoms with Gasteiger partial charge in [-0.2, -0.15) is 0 Å². The van der Waals surface area contributed by atoms with Crippen LogP contribution in [0.1, 0.15) is 31.8 Å². The van der Waals surface area contributed by atoms with E-state index in [0.29, 0.717) is 11.1 Å². The molecular weight excluding hydrogens is 435 g/mol. The molecule has 0 bridgehead atoms. The lowest BCUT2D eigenvalue weighted by molar-refractivity contribution is 0.0696. The molecule has 1 N–H and O–H groups in total. The highest BCUT2D eigenvalue weighted by Crippen LogP contribution is 2.20. The molecule has 0 spiro atoms. The Morgan fingerprint density at radius 2 is 1.32 bits per heavy atom. The van der Waals surface area contributed by atoms with E-state index in [1.54, 1.807) is 31.2 Å². The lowest BCUT2D eigenvalue weighted by atomic mass is 10.1. The average molecular weight is 449 g/mol. The molecule has 0 aliphatic rings. The molecule has 0 saturated carbocycles. The Morgan fingerprint density at radius 3 is 1.64 bits per heavy atom. The molecule has 3 nitrogen and oxygen atoms in total. The van der Waals surface area contributed by atoms with Crippen LogP contribution in [0.4, 0.5) is 0 Å². The summed E-state index contributed by atoms with van der Waals surface area (Å²) in [5.74, 6) is -0.885. The molecule has 0 radical (unpaired) electrons. The lowest BCUT2D eigenvalue weighted by Crippen LogP contribution is -1.99. The minimum Gasteiger partial charge on any atom is -0.478 e. The molecule has 2 aromatic carbocycles. The second-order valence-electron chi connectivity index (χ2n) is 4.40. The first-order chi connectivity index (χ1) is 10.3. The Bertz CT molecular complexity index is 653. The maximum absolute atomic E-state index is 10.8. The zero-order chi connectivity index (χ0) is 16.9. The largest absolute Gasteiger partial charge is 0.478 e. The van der Waals surface area contributed by atoms with Crippen LogP contribution in [0.25, 0.3) is 0 Å². The van der Waals surface area contributed by atoms with Gasteiger partial charge in [-0.15, -0.1) is 0 Å². The van der Waals surface area contributed by atoms with Crippen molar-refractivity contribution in [3.8, 4) is 0 Å². The maximum Gasteiger partial charge on any atom is 0.335 e. The van der Waals surface area contributed by atoms with Crippen LogP contribution in [0.5, 0.6) is 0 Å². The van der Waals surface area contributed by atoms with Gasteiger partial charge < -0.3 is 5.11 Å². The van der Waals surface area contributed by atoms with Crippen molar-refractivity contribution >= 4 is 54.7 Å². The molecule has 0 aliphatic carbocycles. The Balaban J connectivity index is 0.000000220. The Kier molecular flexibility index (Phi) is 7.26. The summed E-state index contributed by atoms with van der Waals surface area (Å²) in [5.41, 5.74) is 2.55. The first kappa shape index (κ1) is 18.9. The highest BCUT2D eigenvalue weighted by molar-refractivity contribution is 9.10. The number of halogens is 3. The molecule has 0 atom stereocenters. The van der Waals surface area contributed by atoms with Crippen molar-refractivity contribution in [1.82, 2.24) is 0 Å². The van der Waals surface area contributed by atoms with Crippen LogP contribution in [-0.4, -0.2) is 16.3 Å². The molecule has 2 rings (SSSR count). The van der Waals surface area contributed by atoms with E-state index in [-0.39, 0.29) is 0 Å². The predicted octanol–water partition coefficient (Wildman–Crippen LogP) is 5.59. The van der Waals surface area contributed by atoms with Crippen molar-refractivity contribution in [2.45, 2.75) is 13.8 Å². The molecule has 22 heavy (non-hydrogen) atoms. The van der Waals surface area contributed by atoms with E-state index in [0.717, 1.165) is 20.1 Å². The number of carboxylic acids is 1. The Labute approximate surface area is 150 Å². The topological polar surface area (TPSA) is 54.4 Å². The molecule has 6 heteroatoms. The standard InChI is InChI=1S/C8H6BrClO.C8H7BrO2/c2*1-5-6(8(10)11)3-2-4-7(5)9/h2-4H,1H3;2-4H,1H3,(H,10,11). The summed E-state index contributed by atoms with van der Waals surface area (Å²) in [6, 6.07) is 10.5. The van der Waals surface area contributed by atoms with Crippen molar-refractivity contribution in [1.29, 1.82) is 0 Å². The third-order valence-electron chi connectivity index (χ3n) is 2.98. The number of carboxylic acid groups (broad SMARTS) is 1. The number of hydrogen-bond donors (Lipinski definition) is 1. The number of benzene rings is 2. The van der Waals surface area contributed by atoms with Crippen LogP contribution in [0, 0.1) is 13.8 Å². The average Bonchev–Trinajstić information content (AvgIpc) is 2.45. The summed E-state index contributed by atoms with van der Waals surface area (Å²) < 4.78 is 1.74. The first-order valence-corrected chi connectivity index (χ1v) is 8.15. The van der Waals surface area contributed by atoms with Crippen LogP contribution in [0.2, 0.25) is 0 Å². The Hall–Kier alpha value is -1.17. The van der Waals surface area contributed by atoms with Gasteiger partial charge in [-0.05, 0) is 60.8 Å². The van der Waals surface area contributed by atoms with Crippen molar-refractivity contribution < 1.29 is 14.7 Å². The SMILES string of the molecule is Cc1c(Br)cccc1C(=O)Cl.Cc1c(Br)cccc1C(=O)O. The van der Waals surface area contributed by atoms with Crippen molar-refractivity contribution in [2.75, 3.05) is 0 Å².